The number of rotatable bonds is 7. The Labute approximate surface area is 177 Å². The molecule has 0 fully saturated rings. The summed E-state index contributed by atoms with van der Waals surface area (Å²) in [6.07, 6.45) is 1.84. The van der Waals surface area contributed by atoms with Gasteiger partial charge in [-0.1, -0.05) is 56.8 Å². The van der Waals surface area contributed by atoms with E-state index in [1.807, 2.05) is 28.7 Å². The van der Waals surface area contributed by atoms with Gasteiger partial charge in [-0.2, -0.15) is 0 Å². The molecule has 0 unspecified atom stereocenters. The highest BCUT2D eigenvalue weighted by Gasteiger charge is 2.49. The van der Waals surface area contributed by atoms with Crippen LogP contribution in [0.4, 0.5) is 0 Å². The summed E-state index contributed by atoms with van der Waals surface area (Å²) in [5.41, 5.74) is 3.69. The van der Waals surface area contributed by atoms with E-state index in [4.69, 9.17) is 4.74 Å². The summed E-state index contributed by atoms with van der Waals surface area (Å²) in [4.78, 5) is 5.91. The van der Waals surface area contributed by atoms with Crippen LogP contribution >= 0.6 is 22.7 Å². The van der Waals surface area contributed by atoms with Crippen LogP contribution in [0, 0.1) is 13.8 Å². The average Bonchev–Trinajstić information content (AvgIpc) is 3.33. The predicted molar refractivity (Wildman–Crippen MR) is 127 cm³/mol. The molecule has 0 aliphatic heterocycles. The van der Waals surface area contributed by atoms with E-state index in [1.165, 1.54) is 36.8 Å². The third kappa shape index (κ3) is 2.93. The van der Waals surface area contributed by atoms with Crippen LogP contribution in [0.1, 0.15) is 40.3 Å². The molecule has 4 heteroatoms. The van der Waals surface area contributed by atoms with Gasteiger partial charge in [-0.25, -0.2) is 0 Å². The number of fused-ring (bicyclic) bond motifs is 3. The number of aryl methyl sites for hydroxylation is 2. The predicted octanol–water partition coefficient (Wildman–Crippen LogP) is 7.04. The molecule has 1 aromatic carbocycles. The summed E-state index contributed by atoms with van der Waals surface area (Å²) in [6, 6.07) is 16.1. The Morgan fingerprint density at radius 1 is 1.00 bits per heavy atom. The van der Waals surface area contributed by atoms with Crippen molar-refractivity contribution in [3.05, 3.63) is 69.9 Å². The Morgan fingerprint density at radius 2 is 1.57 bits per heavy atom. The number of para-hydroxylation sites is 1. The van der Waals surface area contributed by atoms with Crippen molar-refractivity contribution in [2.24, 2.45) is 0 Å². The maximum atomic E-state index is 6.16. The first-order valence-electron chi connectivity index (χ1n) is 10.1. The number of thiophene rings is 2. The second-order valence-electron chi connectivity index (χ2n) is 7.68. The van der Waals surface area contributed by atoms with Crippen LogP contribution in [0.2, 0.25) is 12.1 Å². The van der Waals surface area contributed by atoms with Gasteiger partial charge in [0, 0.05) is 25.0 Å². The lowest BCUT2D eigenvalue weighted by atomic mass is 10.2. The molecule has 2 heterocycles. The highest BCUT2D eigenvalue weighted by molar-refractivity contribution is 7.23. The Bertz CT molecular complexity index is 963. The van der Waals surface area contributed by atoms with E-state index in [-0.39, 0.29) is 0 Å². The molecule has 2 aromatic heterocycles. The van der Waals surface area contributed by atoms with E-state index in [0.29, 0.717) is 12.1 Å². The van der Waals surface area contributed by atoms with Crippen LogP contribution in [0.5, 0.6) is 5.75 Å². The van der Waals surface area contributed by atoms with E-state index < -0.39 is 8.07 Å². The lowest BCUT2D eigenvalue weighted by Gasteiger charge is -2.38. The minimum Gasteiger partial charge on any atom is -0.490 e. The van der Waals surface area contributed by atoms with Gasteiger partial charge in [0.05, 0.1) is 0 Å². The first-order chi connectivity index (χ1) is 13.6. The molecule has 1 aliphatic carbocycles. The fourth-order valence-electron chi connectivity index (χ4n) is 4.96. The molecule has 0 amide bonds. The van der Waals surface area contributed by atoms with E-state index in [0.717, 1.165) is 5.75 Å². The zero-order chi connectivity index (χ0) is 19.9. The van der Waals surface area contributed by atoms with Crippen molar-refractivity contribution >= 4 is 35.9 Å². The van der Waals surface area contributed by atoms with E-state index in [1.54, 1.807) is 11.1 Å². The SMILES string of the molecule is C=CCOc1ccccc1[Si](CC)(CC)C1c2cc(C)sc2-c2sc(C)cc21. The topological polar surface area (TPSA) is 9.23 Å². The molecule has 0 saturated carbocycles. The quantitative estimate of drug-likeness (QED) is 0.292. The summed E-state index contributed by atoms with van der Waals surface area (Å²) < 4.78 is 6.16. The summed E-state index contributed by atoms with van der Waals surface area (Å²) in [5.74, 6) is 1.06. The molecule has 0 atom stereocenters. The van der Waals surface area contributed by atoms with Crippen LogP contribution in [0.15, 0.2) is 49.1 Å². The van der Waals surface area contributed by atoms with Crippen molar-refractivity contribution in [2.45, 2.75) is 45.3 Å². The van der Waals surface area contributed by atoms with E-state index in [9.17, 15) is 0 Å². The maximum absolute atomic E-state index is 6.16. The Kier molecular flexibility index (Phi) is 5.38. The Morgan fingerprint density at radius 3 is 2.11 bits per heavy atom. The highest BCUT2D eigenvalue weighted by Crippen LogP contribution is 2.56. The van der Waals surface area contributed by atoms with Gasteiger partial charge in [0.15, 0.2) is 0 Å². The van der Waals surface area contributed by atoms with Crippen molar-refractivity contribution in [3.8, 4) is 15.5 Å². The lowest BCUT2D eigenvalue weighted by Crippen LogP contribution is -2.52. The minimum absolute atomic E-state index is 0.524. The zero-order valence-electron chi connectivity index (χ0n) is 17.2. The van der Waals surface area contributed by atoms with Gasteiger partial charge in [0.1, 0.15) is 20.4 Å². The summed E-state index contributed by atoms with van der Waals surface area (Å²) in [7, 11) is -1.90. The largest absolute Gasteiger partial charge is 0.490 e. The van der Waals surface area contributed by atoms with Gasteiger partial charge in [-0.05, 0) is 48.4 Å². The summed E-state index contributed by atoms with van der Waals surface area (Å²) in [5, 5.41) is 1.47. The van der Waals surface area contributed by atoms with Gasteiger partial charge in [-0.3, -0.25) is 0 Å². The third-order valence-electron chi connectivity index (χ3n) is 6.19. The molecule has 0 N–H and O–H groups in total. The first kappa shape index (κ1) is 19.7. The van der Waals surface area contributed by atoms with Crippen molar-refractivity contribution in [1.29, 1.82) is 0 Å². The van der Waals surface area contributed by atoms with Crippen LogP contribution in [0.3, 0.4) is 0 Å². The summed E-state index contributed by atoms with van der Waals surface area (Å²) >= 11 is 3.95. The number of benzene rings is 1. The number of hydrogen-bond donors (Lipinski definition) is 0. The normalized spacial score (nSPS) is 13.4. The van der Waals surface area contributed by atoms with Crippen LogP contribution in [0.25, 0.3) is 9.75 Å². The summed E-state index contributed by atoms with van der Waals surface area (Å²) in [6.45, 7) is 13.7. The number of hydrogen-bond acceptors (Lipinski definition) is 3. The molecule has 0 spiro atoms. The van der Waals surface area contributed by atoms with Crippen molar-refractivity contribution in [3.63, 3.8) is 0 Å². The van der Waals surface area contributed by atoms with Crippen LogP contribution in [-0.4, -0.2) is 14.7 Å². The molecule has 4 rings (SSSR count). The zero-order valence-corrected chi connectivity index (χ0v) is 19.8. The monoisotopic (exact) mass is 424 g/mol. The second-order valence-corrected chi connectivity index (χ2v) is 15.0. The fraction of sp³-hybridized carbons (Fsp3) is 0.333. The van der Waals surface area contributed by atoms with Crippen molar-refractivity contribution in [2.75, 3.05) is 6.61 Å². The molecule has 1 aliphatic rings. The second kappa shape index (κ2) is 7.66. The molecule has 0 saturated heterocycles. The molecule has 0 bridgehead atoms. The van der Waals surface area contributed by atoms with Gasteiger partial charge >= 0.3 is 0 Å². The van der Waals surface area contributed by atoms with Gasteiger partial charge < -0.3 is 4.74 Å². The molecular formula is C24H28OS2Si. The van der Waals surface area contributed by atoms with Crippen LogP contribution < -0.4 is 9.92 Å². The standard InChI is InChI=1S/C24H28OS2Si/c1-6-13-25-20-11-9-10-12-21(20)28(7-2,8-3)24-18-14-16(4)26-22(18)23-19(24)15-17(5)27-23/h6,9-12,14-15,24H,1,7-8,13H2,2-5H3. The number of ether oxygens (including phenoxy) is 1. The maximum Gasteiger partial charge on any atom is 0.119 e. The Hall–Kier alpha value is -1.62. The van der Waals surface area contributed by atoms with E-state index in [2.05, 4.69) is 70.7 Å². The van der Waals surface area contributed by atoms with Gasteiger partial charge in [0.25, 0.3) is 0 Å². The molecule has 0 radical (unpaired) electrons. The third-order valence-corrected chi connectivity index (χ3v) is 14.2. The molecule has 28 heavy (non-hydrogen) atoms. The van der Waals surface area contributed by atoms with Crippen LogP contribution in [-0.2, 0) is 0 Å². The van der Waals surface area contributed by atoms with Crippen molar-refractivity contribution < 1.29 is 4.74 Å². The molecule has 1 nitrogen and oxygen atoms in total. The van der Waals surface area contributed by atoms with E-state index >= 15 is 0 Å². The minimum atomic E-state index is -1.90. The smallest absolute Gasteiger partial charge is 0.119 e. The lowest BCUT2D eigenvalue weighted by molar-refractivity contribution is 0.366. The van der Waals surface area contributed by atoms with Crippen molar-refractivity contribution in [1.82, 2.24) is 0 Å². The molecular weight excluding hydrogens is 396 g/mol. The molecule has 146 valence electrons. The highest BCUT2D eigenvalue weighted by atomic mass is 32.1. The Balaban J connectivity index is 1.95. The molecule has 3 aromatic rings. The fourth-order valence-corrected chi connectivity index (χ4v) is 12.6. The average molecular weight is 425 g/mol. The van der Waals surface area contributed by atoms with Gasteiger partial charge in [-0.15, -0.1) is 22.7 Å². The van der Waals surface area contributed by atoms with Gasteiger partial charge in [0.2, 0.25) is 0 Å². The first-order valence-corrected chi connectivity index (χ1v) is 14.2.